The molecule has 1 atom stereocenters. The van der Waals surface area contributed by atoms with Crippen LogP contribution in [-0.4, -0.2) is 7.05 Å². The average Bonchev–Trinajstić information content (AvgIpc) is 2.86. The number of hydrogen-bond acceptors (Lipinski definition) is 2. The molecule has 0 saturated heterocycles. The fourth-order valence-electron chi connectivity index (χ4n) is 1.76. The van der Waals surface area contributed by atoms with Crippen molar-refractivity contribution >= 4 is 11.3 Å². The first-order valence-corrected chi connectivity index (χ1v) is 6.78. The summed E-state index contributed by atoms with van der Waals surface area (Å²) in [5.74, 6) is -0.650. The third-order valence-corrected chi connectivity index (χ3v) is 4.35. The number of rotatable bonds is 3. The van der Waals surface area contributed by atoms with Crippen molar-refractivity contribution in [3.05, 3.63) is 46.6 Å². The van der Waals surface area contributed by atoms with Crippen LogP contribution in [-0.2, 0) is 6.18 Å². The van der Waals surface area contributed by atoms with Gasteiger partial charge in [0.15, 0.2) is 0 Å². The van der Waals surface area contributed by atoms with Crippen LogP contribution in [0.5, 0.6) is 0 Å². The van der Waals surface area contributed by atoms with Crippen LogP contribution in [0.15, 0.2) is 30.3 Å². The highest BCUT2D eigenvalue weighted by Gasteiger charge is 2.31. The average molecular weight is 303 g/mol. The van der Waals surface area contributed by atoms with Gasteiger partial charge in [0.2, 0.25) is 0 Å². The van der Waals surface area contributed by atoms with E-state index in [1.807, 2.05) is 6.92 Å². The number of nitrogens with one attached hydrogen (secondary N) is 1. The molecule has 1 nitrogen and oxygen atoms in total. The summed E-state index contributed by atoms with van der Waals surface area (Å²) < 4.78 is 51.8. The summed E-state index contributed by atoms with van der Waals surface area (Å²) in [5, 5.41) is 3.03. The Balaban J connectivity index is 2.44. The van der Waals surface area contributed by atoms with Crippen LogP contribution in [0.2, 0.25) is 0 Å². The summed E-state index contributed by atoms with van der Waals surface area (Å²) >= 11 is 1.28. The van der Waals surface area contributed by atoms with E-state index in [2.05, 4.69) is 5.32 Å². The van der Waals surface area contributed by atoms with Gasteiger partial charge in [-0.3, -0.25) is 0 Å². The summed E-state index contributed by atoms with van der Waals surface area (Å²) in [6, 6.07) is 5.98. The fraction of sp³-hybridized carbons (Fsp3) is 0.286. The highest BCUT2D eigenvalue weighted by atomic mass is 32.1. The highest BCUT2D eigenvalue weighted by molar-refractivity contribution is 7.15. The van der Waals surface area contributed by atoms with Crippen molar-refractivity contribution in [3.63, 3.8) is 0 Å². The van der Waals surface area contributed by atoms with E-state index in [1.54, 1.807) is 19.2 Å². The molecule has 0 bridgehead atoms. The molecular formula is C14H13F4NS. The summed E-state index contributed by atoms with van der Waals surface area (Å²) in [6.45, 7) is 1.93. The molecule has 20 heavy (non-hydrogen) atoms. The molecule has 0 radical (unpaired) electrons. The molecule has 2 rings (SSSR count). The van der Waals surface area contributed by atoms with E-state index in [0.29, 0.717) is 4.88 Å². The Kier molecular flexibility index (Phi) is 4.15. The SMILES string of the molecule is CNC(C)c1ccc(-c2cc(C(F)(F)F)ccc2F)s1. The largest absolute Gasteiger partial charge is 0.416 e. The predicted molar refractivity (Wildman–Crippen MR) is 72.2 cm³/mol. The van der Waals surface area contributed by atoms with Crippen LogP contribution in [0, 0.1) is 5.82 Å². The first-order chi connectivity index (χ1) is 9.32. The van der Waals surface area contributed by atoms with E-state index in [4.69, 9.17) is 0 Å². The van der Waals surface area contributed by atoms with Crippen LogP contribution in [0.4, 0.5) is 17.6 Å². The number of halogens is 4. The topological polar surface area (TPSA) is 12.0 Å². The third-order valence-electron chi connectivity index (χ3n) is 3.05. The lowest BCUT2D eigenvalue weighted by Crippen LogP contribution is -2.10. The second kappa shape index (κ2) is 5.54. The Morgan fingerprint density at radius 1 is 1.15 bits per heavy atom. The Labute approximate surface area is 118 Å². The van der Waals surface area contributed by atoms with Crippen LogP contribution >= 0.6 is 11.3 Å². The maximum absolute atomic E-state index is 13.8. The molecule has 2 aromatic rings. The zero-order chi connectivity index (χ0) is 14.9. The minimum absolute atomic E-state index is 0.0145. The van der Waals surface area contributed by atoms with Crippen LogP contribution in [0.25, 0.3) is 10.4 Å². The third kappa shape index (κ3) is 3.02. The lowest BCUT2D eigenvalue weighted by atomic mass is 10.1. The summed E-state index contributed by atoms with van der Waals surface area (Å²) in [5.41, 5.74) is -0.857. The van der Waals surface area contributed by atoms with E-state index < -0.39 is 17.6 Å². The number of thiophene rings is 1. The first kappa shape index (κ1) is 15.0. The quantitative estimate of drug-likeness (QED) is 0.799. The molecule has 108 valence electrons. The van der Waals surface area contributed by atoms with Gasteiger partial charge in [-0.15, -0.1) is 11.3 Å². The number of alkyl halides is 3. The van der Waals surface area contributed by atoms with Crippen molar-refractivity contribution in [1.82, 2.24) is 5.32 Å². The van der Waals surface area contributed by atoms with E-state index in [0.717, 1.165) is 23.1 Å². The van der Waals surface area contributed by atoms with Crippen molar-refractivity contribution in [1.29, 1.82) is 0 Å². The molecular weight excluding hydrogens is 290 g/mol. The van der Waals surface area contributed by atoms with Crippen molar-refractivity contribution in [2.24, 2.45) is 0 Å². The first-order valence-electron chi connectivity index (χ1n) is 5.97. The number of benzene rings is 1. The summed E-state index contributed by atoms with van der Waals surface area (Å²) in [6.07, 6.45) is -4.47. The minimum atomic E-state index is -4.47. The maximum atomic E-state index is 13.8. The van der Waals surface area contributed by atoms with Gasteiger partial charge in [0, 0.05) is 21.4 Å². The zero-order valence-corrected chi connectivity index (χ0v) is 11.7. The Morgan fingerprint density at radius 2 is 1.85 bits per heavy atom. The highest BCUT2D eigenvalue weighted by Crippen LogP contribution is 2.37. The van der Waals surface area contributed by atoms with E-state index in [-0.39, 0.29) is 11.6 Å². The van der Waals surface area contributed by atoms with Gasteiger partial charge >= 0.3 is 6.18 Å². The van der Waals surface area contributed by atoms with Crippen molar-refractivity contribution < 1.29 is 17.6 Å². The van der Waals surface area contributed by atoms with Crippen LogP contribution in [0.3, 0.4) is 0 Å². The number of hydrogen-bond donors (Lipinski definition) is 1. The maximum Gasteiger partial charge on any atom is 0.416 e. The molecule has 0 aliphatic heterocycles. The lowest BCUT2D eigenvalue weighted by Gasteiger charge is -2.09. The molecule has 6 heteroatoms. The summed E-state index contributed by atoms with van der Waals surface area (Å²) in [7, 11) is 1.79. The van der Waals surface area contributed by atoms with E-state index in [1.165, 1.54) is 11.3 Å². The van der Waals surface area contributed by atoms with Gasteiger partial charge < -0.3 is 5.32 Å². The normalized spacial score (nSPS) is 13.5. The molecule has 1 aromatic heterocycles. The second-order valence-electron chi connectivity index (χ2n) is 4.40. The zero-order valence-electron chi connectivity index (χ0n) is 10.9. The van der Waals surface area contributed by atoms with Gasteiger partial charge in [-0.25, -0.2) is 4.39 Å². The van der Waals surface area contributed by atoms with Crippen LogP contribution in [0.1, 0.15) is 23.4 Å². The van der Waals surface area contributed by atoms with Crippen molar-refractivity contribution in [2.75, 3.05) is 7.05 Å². The smallest absolute Gasteiger partial charge is 0.313 e. The van der Waals surface area contributed by atoms with Crippen molar-refractivity contribution in [2.45, 2.75) is 19.1 Å². The Bertz CT molecular complexity index is 603. The molecule has 0 amide bonds. The van der Waals surface area contributed by atoms with Gasteiger partial charge in [0.05, 0.1) is 5.56 Å². The second-order valence-corrected chi connectivity index (χ2v) is 5.52. The Hall–Kier alpha value is -1.40. The minimum Gasteiger partial charge on any atom is -0.313 e. The molecule has 0 spiro atoms. The molecule has 0 aliphatic carbocycles. The monoisotopic (exact) mass is 303 g/mol. The van der Waals surface area contributed by atoms with Gasteiger partial charge in [0.1, 0.15) is 5.82 Å². The van der Waals surface area contributed by atoms with E-state index in [9.17, 15) is 17.6 Å². The molecule has 0 saturated carbocycles. The fourth-order valence-corrected chi connectivity index (χ4v) is 2.85. The molecule has 1 N–H and O–H groups in total. The van der Waals surface area contributed by atoms with Crippen molar-refractivity contribution in [3.8, 4) is 10.4 Å². The van der Waals surface area contributed by atoms with Gasteiger partial charge in [-0.05, 0) is 44.3 Å². The molecule has 0 aliphatic rings. The van der Waals surface area contributed by atoms with Gasteiger partial charge in [0.25, 0.3) is 0 Å². The molecule has 1 aromatic carbocycles. The Morgan fingerprint density at radius 3 is 2.45 bits per heavy atom. The van der Waals surface area contributed by atoms with Gasteiger partial charge in [-0.1, -0.05) is 0 Å². The lowest BCUT2D eigenvalue weighted by molar-refractivity contribution is -0.137. The molecule has 1 unspecified atom stereocenters. The van der Waals surface area contributed by atoms with Crippen LogP contribution < -0.4 is 5.32 Å². The molecule has 1 heterocycles. The van der Waals surface area contributed by atoms with E-state index >= 15 is 0 Å². The summed E-state index contributed by atoms with van der Waals surface area (Å²) in [4.78, 5) is 1.44. The predicted octanol–water partition coefficient (Wildman–Crippen LogP) is 4.85. The molecule has 0 fully saturated rings. The van der Waals surface area contributed by atoms with Gasteiger partial charge in [-0.2, -0.15) is 13.2 Å². The standard InChI is InChI=1S/C14H13F4NS/c1-8(19-2)12-5-6-13(20-12)10-7-9(14(16,17)18)3-4-11(10)15/h3-8,19H,1-2H3.